The molecule has 0 heterocycles. The van der Waals surface area contributed by atoms with Gasteiger partial charge in [0.05, 0.1) is 5.56 Å². The molecule has 0 unspecified atom stereocenters. The van der Waals surface area contributed by atoms with Gasteiger partial charge in [-0.2, -0.15) is 13.2 Å². The van der Waals surface area contributed by atoms with E-state index >= 15 is 0 Å². The summed E-state index contributed by atoms with van der Waals surface area (Å²) >= 11 is 0. The van der Waals surface area contributed by atoms with Gasteiger partial charge in [0.2, 0.25) is 0 Å². The summed E-state index contributed by atoms with van der Waals surface area (Å²) in [6.45, 7) is 3.61. The number of hydrogen-bond donors (Lipinski definition) is 0. The van der Waals surface area contributed by atoms with Crippen molar-refractivity contribution in [3.63, 3.8) is 0 Å². The Morgan fingerprint density at radius 1 is 1.11 bits per heavy atom. The zero-order chi connectivity index (χ0) is 14.0. The summed E-state index contributed by atoms with van der Waals surface area (Å²) in [5, 5.41) is 0.476. The maximum Gasteiger partial charge on any atom is 0.419 e. The predicted molar refractivity (Wildman–Crippen MR) is 67.4 cm³/mol. The highest BCUT2D eigenvalue weighted by Gasteiger charge is 2.34. The van der Waals surface area contributed by atoms with Gasteiger partial charge in [0.1, 0.15) is 5.82 Å². The zero-order valence-corrected chi connectivity index (χ0v) is 10.1. The van der Waals surface area contributed by atoms with E-state index in [2.05, 4.69) is 6.58 Å². The molecule has 0 saturated heterocycles. The Bertz CT molecular complexity index is 611. The molecule has 2 rings (SSSR count). The molecule has 4 heteroatoms. The highest BCUT2D eigenvalue weighted by atomic mass is 19.4. The van der Waals surface area contributed by atoms with E-state index in [4.69, 9.17) is 0 Å². The topological polar surface area (TPSA) is 0 Å². The minimum atomic E-state index is -4.67. The van der Waals surface area contributed by atoms with E-state index < -0.39 is 17.6 Å². The van der Waals surface area contributed by atoms with E-state index in [1.54, 1.807) is 18.2 Å². The summed E-state index contributed by atoms with van der Waals surface area (Å²) in [5.41, 5.74) is -0.273. The van der Waals surface area contributed by atoms with E-state index in [1.807, 2.05) is 0 Å². The Kier molecular flexibility index (Phi) is 3.60. The first-order chi connectivity index (χ1) is 8.93. The Labute approximate surface area is 108 Å². The van der Waals surface area contributed by atoms with Crippen LogP contribution in [0.3, 0.4) is 0 Å². The second kappa shape index (κ2) is 5.03. The molecule has 0 amide bonds. The van der Waals surface area contributed by atoms with Crippen LogP contribution in [-0.2, 0) is 12.6 Å². The summed E-state index contributed by atoms with van der Waals surface area (Å²) in [6, 6.07) is 6.85. The zero-order valence-electron chi connectivity index (χ0n) is 10.1. The van der Waals surface area contributed by atoms with E-state index in [0.29, 0.717) is 5.39 Å². The number of benzene rings is 2. The van der Waals surface area contributed by atoms with Crippen LogP contribution in [0.2, 0.25) is 0 Å². The SMILES string of the molecule is C=CCCc1ccc2c(F)c(C(F)(F)F)ccc2c1. The van der Waals surface area contributed by atoms with Crippen molar-refractivity contribution in [1.82, 2.24) is 0 Å². The van der Waals surface area contributed by atoms with Crippen molar-refractivity contribution in [3.05, 3.63) is 59.9 Å². The first kappa shape index (κ1) is 13.6. The van der Waals surface area contributed by atoms with Crippen LogP contribution in [0.4, 0.5) is 17.6 Å². The van der Waals surface area contributed by atoms with Gasteiger partial charge in [-0.1, -0.05) is 30.3 Å². The minimum Gasteiger partial charge on any atom is -0.206 e. The fourth-order valence-corrected chi connectivity index (χ4v) is 1.98. The Hall–Kier alpha value is -1.84. The van der Waals surface area contributed by atoms with Gasteiger partial charge in [-0.25, -0.2) is 4.39 Å². The molecule has 0 radical (unpaired) electrons. The Morgan fingerprint density at radius 2 is 1.84 bits per heavy atom. The molecule has 100 valence electrons. The number of rotatable bonds is 3. The Morgan fingerprint density at radius 3 is 2.47 bits per heavy atom. The minimum absolute atomic E-state index is 0.00261. The Balaban J connectivity index is 2.51. The second-order valence-electron chi connectivity index (χ2n) is 4.31. The number of hydrogen-bond acceptors (Lipinski definition) is 0. The number of halogens is 4. The summed E-state index contributed by atoms with van der Waals surface area (Å²) in [6.07, 6.45) is -1.39. The number of fused-ring (bicyclic) bond motifs is 1. The third-order valence-corrected chi connectivity index (χ3v) is 2.96. The molecular weight excluding hydrogens is 256 g/mol. The lowest BCUT2D eigenvalue weighted by Crippen LogP contribution is -2.08. The molecule has 0 saturated carbocycles. The smallest absolute Gasteiger partial charge is 0.206 e. The molecule has 0 N–H and O–H groups in total. The predicted octanol–water partition coefficient (Wildman–Crippen LogP) is 5.12. The number of allylic oxidation sites excluding steroid dienone is 1. The molecule has 2 aromatic rings. The summed E-state index contributed by atoms with van der Waals surface area (Å²) < 4.78 is 51.5. The molecule has 0 aliphatic rings. The molecular formula is C15H12F4. The molecule has 0 fully saturated rings. The van der Waals surface area contributed by atoms with E-state index in [1.165, 1.54) is 12.1 Å². The fourth-order valence-electron chi connectivity index (χ4n) is 1.98. The quantitative estimate of drug-likeness (QED) is 0.535. The molecule has 0 bridgehead atoms. The average molecular weight is 268 g/mol. The number of alkyl halides is 3. The second-order valence-corrected chi connectivity index (χ2v) is 4.31. The van der Waals surface area contributed by atoms with Crippen LogP contribution in [0.1, 0.15) is 17.5 Å². The molecule has 0 nitrogen and oxygen atoms in total. The highest BCUT2D eigenvalue weighted by Crippen LogP contribution is 2.34. The lowest BCUT2D eigenvalue weighted by atomic mass is 10.0. The normalized spacial score (nSPS) is 11.8. The third-order valence-electron chi connectivity index (χ3n) is 2.96. The fraction of sp³-hybridized carbons (Fsp3) is 0.200. The van der Waals surface area contributed by atoms with Gasteiger partial charge in [-0.3, -0.25) is 0 Å². The third kappa shape index (κ3) is 2.78. The van der Waals surface area contributed by atoms with Gasteiger partial charge >= 0.3 is 6.18 Å². The van der Waals surface area contributed by atoms with Gasteiger partial charge in [-0.05, 0) is 29.9 Å². The first-order valence-electron chi connectivity index (χ1n) is 5.82. The van der Waals surface area contributed by atoms with Crippen LogP contribution in [0, 0.1) is 5.82 Å². The lowest BCUT2D eigenvalue weighted by Gasteiger charge is -2.10. The van der Waals surface area contributed by atoms with E-state index in [-0.39, 0.29) is 5.39 Å². The maximum absolute atomic E-state index is 13.8. The standard InChI is InChI=1S/C15H12F4/c1-2-3-4-10-5-7-12-11(9-10)6-8-13(14(12)16)15(17,18)19/h2,5-9H,1,3-4H2. The van der Waals surface area contributed by atoms with Crippen molar-refractivity contribution < 1.29 is 17.6 Å². The van der Waals surface area contributed by atoms with Crippen molar-refractivity contribution in [3.8, 4) is 0 Å². The van der Waals surface area contributed by atoms with Gasteiger partial charge in [0.15, 0.2) is 0 Å². The molecule has 0 aliphatic carbocycles. The summed E-state index contributed by atoms with van der Waals surface area (Å²) in [5.74, 6) is -1.21. The lowest BCUT2D eigenvalue weighted by molar-refractivity contribution is -0.139. The maximum atomic E-state index is 13.8. The van der Waals surface area contributed by atoms with E-state index in [9.17, 15) is 17.6 Å². The number of aryl methyl sites for hydroxylation is 1. The molecule has 0 aromatic heterocycles. The summed E-state index contributed by atoms with van der Waals surface area (Å²) in [4.78, 5) is 0. The van der Waals surface area contributed by atoms with Crippen molar-refractivity contribution in [2.45, 2.75) is 19.0 Å². The van der Waals surface area contributed by atoms with Crippen LogP contribution < -0.4 is 0 Å². The van der Waals surface area contributed by atoms with Gasteiger partial charge < -0.3 is 0 Å². The molecule has 0 aliphatic heterocycles. The largest absolute Gasteiger partial charge is 0.419 e. The van der Waals surface area contributed by atoms with Gasteiger partial charge in [0, 0.05) is 5.39 Å². The molecule has 0 atom stereocenters. The average Bonchev–Trinajstić information content (AvgIpc) is 2.35. The van der Waals surface area contributed by atoms with Crippen LogP contribution in [0.25, 0.3) is 10.8 Å². The van der Waals surface area contributed by atoms with Crippen molar-refractivity contribution in [1.29, 1.82) is 0 Å². The van der Waals surface area contributed by atoms with Crippen LogP contribution >= 0.6 is 0 Å². The summed E-state index contributed by atoms with van der Waals surface area (Å²) in [7, 11) is 0. The molecule has 19 heavy (non-hydrogen) atoms. The van der Waals surface area contributed by atoms with Crippen LogP contribution in [-0.4, -0.2) is 0 Å². The van der Waals surface area contributed by atoms with Crippen LogP contribution in [0.5, 0.6) is 0 Å². The van der Waals surface area contributed by atoms with Crippen molar-refractivity contribution in [2.24, 2.45) is 0 Å². The monoisotopic (exact) mass is 268 g/mol. The molecule has 2 aromatic carbocycles. The first-order valence-corrected chi connectivity index (χ1v) is 5.82. The van der Waals surface area contributed by atoms with Crippen LogP contribution in [0.15, 0.2) is 43.0 Å². The van der Waals surface area contributed by atoms with Gasteiger partial charge in [-0.15, -0.1) is 6.58 Å². The van der Waals surface area contributed by atoms with Crippen molar-refractivity contribution >= 4 is 10.8 Å². The van der Waals surface area contributed by atoms with Crippen molar-refractivity contribution in [2.75, 3.05) is 0 Å². The highest BCUT2D eigenvalue weighted by molar-refractivity contribution is 5.84. The molecule has 0 spiro atoms. The van der Waals surface area contributed by atoms with E-state index in [0.717, 1.165) is 24.5 Å². The van der Waals surface area contributed by atoms with Gasteiger partial charge in [0.25, 0.3) is 0 Å².